The van der Waals surface area contributed by atoms with E-state index in [4.69, 9.17) is 23.2 Å². The highest BCUT2D eigenvalue weighted by Gasteiger charge is 2.13. The second-order valence-electron chi connectivity index (χ2n) is 6.66. The van der Waals surface area contributed by atoms with Gasteiger partial charge in [-0.15, -0.1) is 10.2 Å². The van der Waals surface area contributed by atoms with Crippen molar-refractivity contribution >= 4 is 68.7 Å². The van der Waals surface area contributed by atoms with E-state index in [1.807, 2.05) is 19.1 Å². The lowest BCUT2D eigenvalue weighted by atomic mass is 10.0. The molecule has 2 N–H and O–H groups in total. The maximum absolute atomic E-state index is 12.3. The van der Waals surface area contributed by atoms with Crippen molar-refractivity contribution in [3.63, 3.8) is 0 Å². The van der Waals surface area contributed by atoms with Crippen LogP contribution < -0.4 is 10.6 Å². The average Bonchev–Trinajstić information content (AvgIpc) is 3.14. The van der Waals surface area contributed by atoms with Crippen LogP contribution in [0, 0.1) is 6.92 Å². The van der Waals surface area contributed by atoms with Gasteiger partial charge in [-0.3, -0.25) is 4.79 Å². The van der Waals surface area contributed by atoms with Crippen LogP contribution in [0.4, 0.5) is 16.5 Å². The first-order valence-electron chi connectivity index (χ1n) is 8.91. The number of benzene rings is 2. The van der Waals surface area contributed by atoms with E-state index in [0.717, 1.165) is 11.3 Å². The number of thioether (sulfide) groups is 1. The maximum atomic E-state index is 12.3. The molecule has 0 atom stereocenters. The molecule has 0 saturated heterocycles. The van der Waals surface area contributed by atoms with Gasteiger partial charge >= 0.3 is 0 Å². The number of hydrogen-bond acceptors (Lipinski definition) is 6. The largest absolute Gasteiger partial charge is 0.330 e. The Balaban J connectivity index is 1.55. The Morgan fingerprint density at radius 1 is 1.14 bits per heavy atom. The molecule has 0 bridgehead atoms. The monoisotopic (exact) mass is 466 g/mol. The summed E-state index contributed by atoms with van der Waals surface area (Å²) in [6.45, 7) is 6.18. The molecule has 0 fully saturated rings. The van der Waals surface area contributed by atoms with E-state index in [9.17, 15) is 4.79 Å². The van der Waals surface area contributed by atoms with Gasteiger partial charge in [0, 0.05) is 5.69 Å². The van der Waals surface area contributed by atoms with E-state index in [1.54, 1.807) is 12.1 Å². The molecule has 0 saturated carbocycles. The summed E-state index contributed by atoms with van der Waals surface area (Å²) in [7, 11) is 0. The Hall–Kier alpha value is -1.80. The SMILES string of the molecule is Cc1ccc(Cl)c(NC(=O)CSc2nnc(Nc3ccc(C(C)C)cc3)s2)c1Cl. The lowest BCUT2D eigenvalue weighted by Gasteiger charge is -2.10. The van der Waals surface area contributed by atoms with E-state index < -0.39 is 0 Å². The fourth-order valence-electron chi connectivity index (χ4n) is 2.47. The Morgan fingerprint density at radius 3 is 2.55 bits per heavy atom. The Bertz CT molecular complexity index is 1010. The molecule has 29 heavy (non-hydrogen) atoms. The molecule has 3 aromatic rings. The van der Waals surface area contributed by atoms with Crippen LogP contribution in [0.5, 0.6) is 0 Å². The molecule has 0 spiro atoms. The number of halogens is 2. The van der Waals surface area contributed by atoms with Gasteiger partial charge in [-0.25, -0.2) is 0 Å². The van der Waals surface area contributed by atoms with Crippen LogP contribution in [0.15, 0.2) is 40.7 Å². The van der Waals surface area contributed by atoms with E-state index in [2.05, 4.69) is 46.8 Å². The van der Waals surface area contributed by atoms with Crippen LogP contribution in [-0.4, -0.2) is 21.9 Å². The van der Waals surface area contributed by atoms with E-state index in [0.29, 0.717) is 31.1 Å². The standard InChI is InChI=1S/C20H20Cl2N4OS2/c1-11(2)13-5-7-14(8-6-13)23-19-25-26-20(29-19)28-10-16(27)24-18-15(21)9-4-12(3)17(18)22/h4-9,11H,10H2,1-3H3,(H,23,25)(H,24,27). The van der Waals surface area contributed by atoms with Crippen molar-refractivity contribution in [1.29, 1.82) is 0 Å². The number of carbonyl (C=O) groups excluding carboxylic acids is 1. The van der Waals surface area contributed by atoms with E-state index in [1.165, 1.54) is 28.7 Å². The number of rotatable bonds is 7. The molecule has 2 aromatic carbocycles. The number of nitrogens with zero attached hydrogens (tertiary/aromatic N) is 2. The first kappa shape index (κ1) is 21.9. The molecule has 0 aliphatic heterocycles. The van der Waals surface area contributed by atoms with E-state index >= 15 is 0 Å². The van der Waals surface area contributed by atoms with Crippen LogP contribution >= 0.6 is 46.3 Å². The minimum atomic E-state index is -0.210. The van der Waals surface area contributed by atoms with Crippen molar-refractivity contribution < 1.29 is 4.79 Å². The zero-order valence-electron chi connectivity index (χ0n) is 16.1. The van der Waals surface area contributed by atoms with Gasteiger partial charge in [-0.05, 0) is 42.2 Å². The number of nitrogens with one attached hydrogen (secondary N) is 2. The van der Waals surface area contributed by atoms with Crippen LogP contribution in [0.25, 0.3) is 0 Å². The molecule has 0 radical (unpaired) electrons. The van der Waals surface area contributed by atoms with Crippen LogP contribution in [0.1, 0.15) is 30.9 Å². The number of hydrogen-bond donors (Lipinski definition) is 2. The third kappa shape index (κ3) is 5.85. The van der Waals surface area contributed by atoms with Gasteiger partial charge in [-0.2, -0.15) is 0 Å². The molecule has 1 heterocycles. The van der Waals surface area contributed by atoms with Crippen LogP contribution in [0.3, 0.4) is 0 Å². The highest BCUT2D eigenvalue weighted by Crippen LogP contribution is 2.33. The zero-order chi connectivity index (χ0) is 21.0. The molecule has 3 rings (SSSR count). The topological polar surface area (TPSA) is 66.9 Å². The van der Waals surface area contributed by atoms with Crippen molar-refractivity contribution in [2.45, 2.75) is 31.0 Å². The minimum absolute atomic E-state index is 0.179. The molecule has 0 aliphatic rings. The summed E-state index contributed by atoms with van der Waals surface area (Å²) >= 11 is 15.1. The number of aromatic nitrogens is 2. The fraction of sp³-hybridized carbons (Fsp3) is 0.250. The predicted molar refractivity (Wildman–Crippen MR) is 124 cm³/mol. The number of anilines is 3. The summed E-state index contributed by atoms with van der Waals surface area (Å²) in [5, 5.41) is 15.8. The Morgan fingerprint density at radius 2 is 1.86 bits per heavy atom. The van der Waals surface area contributed by atoms with Gasteiger partial charge in [0.1, 0.15) is 0 Å². The third-order valence-electron chi connectivity index (χ3n) is 4.11. The van der Waals surface area contributed by atoms with Gasteiger partial charge < -0.3 is 10.6 Å². The lowest BCUT2D eigenvalue weighted by Crippen LogP contribution is -2.14. The molecule has 1 aromatic heterocycles. The summed E-state index contributed by atoms with van der Waals surface area (Å²) in [4.78, 5) is 12.3. The predicted octanol–water partition coefficient (Wildman–Crippen LogP) is 6.75. The fourth-order valence-corrected chi connectivity index (χ4v) is 4.50. The third-order valence-corrected chi connectivity index (χ3v) is 6.88. The highest BCUT2D eigenvalue weighted by molar-refractivity contribution is 8.01. The normalized spacial score (nSPS) is 11.0. The summed E-state index contributed by atoms with van der Waals surface area (Å²) < 4.78 is 0.697. The van der Waals surface area contributed by atoms with Crippen molar-refractivity contribution in [1.82, 2.24) is 10.2 Å². The lowest BCUT2D eigenvalue weighted by molar-refractivity contribution is -0.113. The van der Waals surface area contributed by atoms with Crippen molar-refractivity contribution in [2.75, 3.05) is 16.4 Å². The van der Waals surface area contributed by atoms with Gasteiger partial charge in [-0.1, -0.05) is 78.3 Å². The molecule has 9 heteroatoms. The van der Waals surface area contributed by atoms with Crippen molar-refractivity contribution in [3.8, 4) is 0 Å². The van der Waals surface area contributed by atoms with Gasteiger partial charge in [0.15, 0.2) is 4.34 Å². The highest BCUT2D eigenvalue weighted by atomic mass is 35.5. The molecular formula is C20H20Cl2N4OS2. The minimum Gasteiger partial charge on any atom is -0.330 e. The number of carbonyl (C=O) groups is 1. The Labute approximate surface area is 188 Å². The first-order chi connectivity index (χ1) is 13.8. The van der Waals surface area contributed by atoms with Gasteiger partial charge in [0.25, 0.3) is 0 Å². The van der Waals surface area contributed by atoms with Gasteiger partial charge in [0.2, 0.25) is 11.0 Å². The summed E-state index contributed by atoms with van der Waals surface area (Å²) in [6, 6.07) is 11.7. The molecule has 152 valence electrons. The Kier molecular flexibility index (Phi) is 7.40. The molecule has 5 nitrogen and oxygen atoms in total. The quantitative estimate of drug-likeness (QED) is 0.376. The smallest absolute Gasteiger partial charge is 0.234 e. The average molecular weight is 467 g/mol. The van der Waals surface area contributed by atoms with Crippen LogP contribution in [-0.2, 0) is 4.79 Å². The summed E-state index contributed by atoms with van der Waals surface area (Å²) in [5.74, 6) is 0.459. The second kappa shape index (κ2) is 9.80. The molecule has 0 unspecified atom stereocenters. The zero-order valence-corrected chi connectivity index (χ0v) is 19.3. The van der Waals surface area contributed by atoms with Crippen molar-refractivity contribution in [3.05, 3.63) is 57.6 Å². The first-order valence-corrected chi connectivity index (χ1v) is 11.5. The summed E-state index contributed by atoms with van der Waals surface area (Å²) in [6.07, 6.45) is 0. The molecular weight excluding hydrogens is 447 g/mol. The van der Waals surface area contributed by atoms with Crippen LogP contribution in [0.2, 0.25) is 10.0 Å². The van der Waals surface area contributed by atoms with Gasteiger partial charge in [0.05, 0.1) is 21.5 Å². The van der Waals surface area contributed by atoms with E-state index in [-0.39, 0.29) is 11.7 Å². The molecule has 0 aliphatic carbocycles. The van der Waals surface area contributed by atoms with Crippen molar-refractivity contribution in [2.24, 2.45) is 0 Å². The number of amides is 1. The summed E-state index contributed by atoms with van der Waals surface area (Å²) in [5.41, 5.74) is 3.51. The maximum Gasteiger partial charge on any atom is 0.234 e. The molecule has 1 amide bonds. The second-order valence-corrected chi connectivity index (χ2v) is 9.65. The number of aryl methyl sites for hydroxylation is 1.